The molecule has 0 radical (unpaired) electrons. The van der Waals surface area contributed by atoms with E-state index in [1.54, 1.807) is 23.1 Å². The minimum atomic E-state index is -0.905. The molecule has 0 fully saturated rings. The summed E-state index contributed by atoms with van der Waals surface area (Å²) in [6, 6.07) is 9.76. The normalized spacial score (nSPS) is 18.0. The van der Waals surface area contributed by atoms with Crippen LogP contribution in [0, 0.1) is 11.6 Å². The van der Waals surface area contributed by atoms with Gasteiger partial charge in [-0.05, 0) is 47.4 Å². The maximum atomic E-state index is 13.4. The molecule has 0 bridgehead atoms. The van der Waals surface area contributed by atoms with Gasteiger partial charge in [0.05, 0.1) is 0 Å². The molecule has 1 aliphatic rings. The van der Waals surface area contributed by atoms with E-state index in [9.17, 15) is 18.7 Å². The Hall–Kier alpha value is -2.27. The summed E-state index contributed by atoms with van der Waals surface area (Å²) in [4.78, 5) is 13.3. The molecule has 5 heteroatoms. The lowest BCUT2D eigenvalue weighted by atomic mass is 9.93. The Morgan fingerprint density at radius 3 is 2.45 bits per heavy atom. The molecule has 1 aliphatic heterocycles. The summed E-state index contributed by atoms with van der Waals surface area (Å²) in [5.41, 5.74) is 2.50. The molecule has 0 aromatic heterocycles. The maximum Gasteiger partial charge on any atom is 0.321 e. The standard InChI is InChI=1S/C17H15F2NO2/c18-14-4-1-11(2-5-14)9-20-10-13-7-15(19)6-3-12(13)8-16(20)17(21)22/h1-7,16H,8-10H2,(H,21,22)/t16-/m0/s1. The van der Waals surface area contributed by atoms with E-state index in [0.717, 1.165) is 16.7 Å². The first-order chi connectivity index (χ1) is 10.5. The molecule has 1 N–H and O–H groups in total. The van der Waals surface area contributed by atoms with E-state index in [-0.39, 0.29) is 11.6 Å². The Morgan fingerprint density at radius 2 is 1.77 bits per heavy atom. The molecule has 0 saturated carbocycles. The lowest BCUT2D eigenvalue weighted by Crippen LogP contribution is -2.45. The number of hydrogen-bond acceptors (Lipinski definition) is 2. The predicted octanol–water partition coefficient (Wildman–Crippen LogP) is 2.98. The number of nitrogens with zero attached hydrogens (tertiary/aromatic N) is 1. The van der Waals surface area contributed by atoms with Crippen LogP contribution in [0.5, 0.6) is 0 Å². The van der Waals surface area contributed by atoms with Crippen molar-refractivity contribution in [2.45, 2.75) is 25.6 Å². The third-order valence-electron chi connectivity index (χ3n) is 3.98. The lowest BCUT2D eigenvalue weighted by molar-refractivity contribution is -0.144. The van der Waals surface area contributed by atoms with Crippen LogP contribution in [0.15, 0.2) is 42.5 Å². The van der Waals surface area contributed by atoms with Crippen LogP contribution >= 0.6 is 0 Å². The monoisotopic (exact) mass is 303 g/mol. The Morgan fingerprint density at radius 1 is 1.09 bits per heavy atom. The fraction of sp³-hybridized carbons (Fsp3) is 0.235. The van der Waals surface area contributed by atoms with Gasteiger partial charge in [0.1, 0.15) is 17.7 Å². The summed E-state index contributed by atoms with van der Waals surface area (Å²) in [7, 11) is 0. The molecule has 22 heavy (non-hydrogen) atoms. The van der Waals surface area contributed by atoms with Crippen LogP contribution < -0.4 is 0 Å². The van der Waals surface area contributed by atoms with Gasteiger partial charge >= 0.3 is 5.97 Å². The van der Waals surface area contributed by atoms with E-state index in [0.29, 0.717) is 19.5 Å². The number of carboxylic acid groups (broad SMARTS) is 1. The second-order valence-corrected chi connectivity index (χ2v) is 5.50. The zero-order valence-corrected chi connectivity index (χ0v) is 11.8. The van der Waals surface area contributed by atoms with E-state index in [1.807, 2.05) is 0 Å². The molecule has 2 aromatic carbocycles. The highest BCUT2D eigenvalue weighted by Gasteiger charge is 2.31. The van der Waals surface area contributed by atoms with Gasteiger partial charge in [-0.1, -0.05) is 18.2 Å². The number of fused-ring (bicyclic) bond motifs is 1. The van der Waals surface area contributed by atoms with Crippen LogP contribution in [-0.4, -0.2) is 22.0 Å². The summed E-state index contributed by atoms with van der Waals surface area (Å²) >= 11 is 0. The molecule has 1 atom stereocenters. The molecule has 3 nitrogen and oxygen atoms in total. The fourth-order valence-electron chi connectivity index (χ4n) is 2.84. The van der Waals surface area contributed by atoms with Crippen molar-refractivity contribution >= 4 is 5.97 Å². The van der Waals surface area contributed by atoms with Crippen molar-refractivity contribution in [2.24, 2.45) is 0 Å². The smallest absolute Gasteiger partial charge is 0.321 e. The molecular formula is C17H15F2NO2. The number of hydrogen-bond donors (Lipinski definition) is 1. The van der Waals surface area contributed by atoms with Gasteiger partial charge in [0, 0.05) is 13.1 Å². The minimum Gasteiger partial charge on any atom is -0.480 e. The molecule has 0 amide bonds. The zero-order valence-electron chi connectivity index (χ0n) is 11.8. The maximum absolute atomic E-state index is 13.4. The van der Waals surface area contributed by atoms with Crippen molar-refractivity contribution < 1.29 is 18.7 Å². The van der Waals surface area contributed by atoms with Crippen molar-refractivity contribution in [3.8, 4) is 0 Å². The van der Waals surface area contributed by atoms with Crippen LogP contribution in [0.2, 0.25) is 0 Å². The predicted molar refractivity (Wildman–Crippen MR) is 77.2 cm³/mol. The van der Waals surface area contributed by atoms with Crippen LogP contribution in [0.4, 0.5) is 8.78 Å². The van der Waals surface area contributed by atoms with Crippen molar-refractivity contribution in [2.75, 3.05) is 0 Å². The summed E-state index contributed by atoms with van der Waals surface area (Å²) in [6.45, 7) is 0.745. The number of halogens is 2. The quantitative estimate of drug-likeness (QED) is 0.947. The van der Waals surface area contributed by atoms with Gasteiger partial charge in [-0.2, -0.15) is 0 Å². The van der Waals surface area contributed by atoms with Gasteiger partial charge in [0.25, 0.3) is 0 Å². The Labute approximate surface area is 126 Å². The molecule has 0 aliphatic carbocycles. The van der Waals surface area contributed by atoms with Crippen LogP contribution in [0.3, 0.4) is 0 Å². The van der Waals surface area contributed by atoms with Crippen molar-refractivity contribution in [1.82, 2.24) is 4.90 Å². The lowest BCUT2D eigenvalue weighted by Gasteiger charge is -2.34. The first kappa shape index (κ1) is 14.7. The highest BCUT2D eigenvalue weighted by molar-refractivity contribution is 5.74. The average Bonchev–Trinajstić information content (AvgIpc) is 2.48. The number of carboxylic acids is 1. The summed E-state index contributed by atoms with van der Waals surface area (Å²) in [5, 5.41) is 9.44. The highest BCUT2D eigenvalue weighted by atomic mass is 19.1. The number of benzene rings is 2. The number of rotatable bonds is 3. The summed E-state index contributed by atoms with van der Waals surface area (Å²) in [6.07, 6.45) is 0.339. The van der Waals surface area contributed by atoms with Crippen LogP contribution in [-0.2, 0) is 24.3 Å². The van der Waals surface area contributed by atoms with Crippen LogP contribution in [0.25, 0.3) is 0 Å². The molecule has 0 spiro atoms. The summed E-state index contributed by atoms with van der Waals surface area (Å²) in [5.74, 6) is -1.56. The fourth-order valence-corrected chi connectivity index (χ4v) is 2.84. The van der Waals surface area contributed by atoms with Crippen molar-refractivity contribution in [3.05, 3.63) is 70.8 Å². The topological polar surface area (TPSA) is 40.5 Å². The first-order valence-electron chi connectivity index (χ1n) is 7.01. The van der Waals surface area contributed by atoms with Crippen molar-refractivity contribution in [3.63, 3.8) is 0 Å². The molecule has 2 aromatic rings. The van der Waals surface area contributed by atoms with Gasteiger partial charge in [-0.3, -0.25) is 9.69 Å². The van der Waals surface area contributed by atoms with E-state index in [1.165, 1.54) is 24.3 Å². The van der Waals surface area contributed by atoms with Crippen LogP contribution in [0.1, 0.15) is 16.7 Å². The van der Waals surface area contributed by atoms with Crippen molar-refractivity contribution in [1.29, 1.82) is 0 Å². The molecule has 0 saturated heterocycles. The Bertz CT molecular complexity index is 700. The second kappa shape index (κ2) is 5.85. The average molecular weight is 303 g/mol. The zero-order chi connectivity index (χ0) is 15.7. The van der Waals surface area contributed by atoms with E-state index in [2.05, 4.69) is 0 Å². The molecule has 0 unspecified atom stereocenters. The highest BCUT2D eigenvalue weighted by Crippen LogP contribution is 2.26. The third kappa shape index (κ3) is 2.99. The second-order valence-electron chi connectivity index (χ2n) is 5.50. The van der Waals surface area contributed by atoms with Gasteiger partial charge in [-0.25, -0.2) is 8.78 Å². The first-order valence-corrected chi connectivity index (χ1v) is 7.01. The summed E-state index contributed by atoms with van der Waals surface area (Å²) < 4.78 is 26.3. The van der Waals surface area contributed by atoms with E-state index in [4.69, 9.17) is 0 Å². The molecule has 1 heterocycles. The minimum absolute atomic E-state index is 0.325. The number of aliphatic carboxylic acids is 1. The van der Waals surface area contributed by atoms with Gasteiger partial charge in [-0.15, -0.1) is 0 Å². The van der Waals surface area contributed by atoms with Gasteiger partial charge in [0.2, 0.25) is 0 Å². The Kier molecular flexibility index (Phi) is 3.90. The number of carbonyl (C=O) groups is 1. The van der Waals surface area contributed by atoms with E-state index >= 15 is 0 Å². The third-order valence-corrected chi connectivity index (χ3v) is 3.98. The Balaban J connectivity index is 1.87. The molecule has 3 rings (SSSR count). The van der Waals surface area contributed by atoms with Gasteiger partial charge in [0.15, 0.2) is 0 Å². The molecular weight excluding hydrogens is 288 g/mol. The SMILES string of the molecule is O=C(O)[C@@H]1Cc2ccc(F)cc2CN1Cc1ccc(F)cc1. The molecule has 114 valence electrons. The van der Waals surface area contributed by atoms with E-state index < -0.39 is 12.0 Å². The largest absolute Gasteiger partial charge is 0.480 e. The van der Waals surface area contributed by atoms with Gasteiger partial charge < -0.3 is 5.11 Å².